The number of likely N-dealkylation sites (tertiary alicyclic amines) is 1. The summed E-state index contributed by atoms with van der Waals surface area (Å²) >= 11 is 6.24. The van der Waals surface area contributed by atoms with Crippen LogP contribution in [0.1, 0.15) is 37.8 Å². The van der Waals surface area contributed by atoms with E-state index in [1.807, 2.05) is 30.0 Å². The molecule has 1 aromatic heterocycles. The fourth-order valence-corrected chi connectivity index (χ4v) is 6.32. The van der Waals surface area contributed by atoms with Crippen LogP contribution in [-0.2, 0) is 22.5 Å². The molecule has 1 fully saturated rings. The number of nitrogens with zero attached hydrogens (tertiary/aromatic N) is 4. The van der Waals surface area contributed by atoms with Gasteiger partial charge in [0.05, 0.1) is 30.3 Å². The standard InChI is InChI=1S/C32H37ClFN5O6/c1-4-21(19-44-2)39-30(41)25(24-6-5-7-26(34)29(24)33)17-37(32(39)43)18-28(40)36-13-11-22(12-14-36)38-15-10-20-16-23(45-3)8-9-27(20)35-31(38)42/h5-9,16-17,21-22H,4,10-15,18-19H2,1-3H3,(H,35,42). The van der Waals surface area contributed by atoms with Crippen molar-refractivity contribution in [3.8, 4) is 16.9 Å². The maximum atomic E-state index is 14.4. The molecule has 1 saturated heterocycles. The summed E-state index contributed by atoms with van der Waals surface area (Å²) in [6.45, 7) is 2.91. The monoisotopic (exact) mass is 641 g/mol. The van der Waals surface area contributed by atoms with Crippen LogP contribution in [0.4, 0.5) is 14.9 Å². The van der Waals surface area contributed by atoms with Crippen LogP contribution in [0.3, 0.4) is 0 Å². The molecule has 1 atom stereocenters. The minimum atomic E-state index is -0.706. The van der Waals surface area contributed by atoms with Crippen molar-refractivity contribution in [2.24, 2.45) is 0 Å². The molecular weight excluding hydrogens is 605 g/mol. The highest BCUT2D eigenvalue weighted by molar-refractivity contribution is 6.33. The highest BCUT2D eigenvalue weighted by Crippen LogP contribution is 2.29. The van der Waals surface area contributed by atoms with Crippen molar-refractivity contribution in [1.29, 1.82) is 0 Å². The molecule has 2 aromatic carbocycles. The molecule has 2 aliphatic rings. The predicted octanol–water partition coefficient (Wildman–Crippen LogP) is 4.16. The Morgan fingerprint density at radius 2 is 1.84 bits per heavy atom. The molecular formula is C32H37ClFN5O6. The zero-order valence-electron chi connectivity index (χ0n) is 25.6. The molecule has 11 nitrogen and oxygen atoms in total. The van der Waals surface area contributed by atoms with E-state index in [9.17, 15) is 23.6 Å². The number of carbonyl (C=O) groups excluding carboxylic acids is 2. The van der Waals surface area contributed by atoms with Gasteiger partial charge < -0.3 is 24.6 Å². The van der Waals surface area contributed by atoms with Crippen LogP contribution in [0.15, 0.2) is 52.2 Å². The normalized spacial score (nSPS) is 16.2. The number of ether oxygens (including phenoxy) is 2. The van der Waals surface area contributed by atoms with Crippen LogP contribution in [0.2, 0.25) is 5.02 Å². The molecule has 0 saturated carbocycles. The number of aromatic nitrogens is 2. The highest BCUT2D eigenvalue weighted by atomic mass is 35.5. The zero-order chi connectivity index (χ0) is 32.2. The minimum absolute atomic E-state index is 0.00551. The van der Waals surface area contributed by atoms with Crippen LogP contribution in [0.5, 0.6) is 5.75 Å². The molecule has 1 unspecified atom stereocenters. The maximum Gasteiger partial charge on any atom is 0.331 e. The zero-order valence-corrected chi connectivity index (χ0v) is 26.3. The number of carbonyl (C=O) groups is 2. The fourth-order valence-electron chi connectivity index (χ4n) is 6.10. The van der Waals surface area contributed by atoms with Crippen LogP contribution < -0.4 is 21.3 Å². The van der Waals surface area contributed by atoms with Gasteiger partial charge in [-0.3, -0.25) is 18.7 Å². The average Bonchev–Trinajstić information content (AvgIpc) is 3.20. The molecule has 0 radical (unpaired) electrons. The van der Waals surface area contributed by atoms with E-state index in [1.165, 1.54) is 36.1 Å². The summed E-state index contributed by atoms with van der Waals surface area (Å²) in [5, 5.41) is 2.75. The molecule has 1 N–H and O–H groups in total. The van der Waals surface area contributed by atoms with E-state index in [2.05, 4.69) is 5.32 Å². The van der Waals surface area contributed by atoms with Gasteiger partial charge in [0.1, 0.15) is 18.1 Å². The van der Waals surface area contributed by atoms with Gasteiger partial charge in [-0.1, -0.05) is 30.7 Å². The molecule has 45 heavy (non-hydrogen) atoms. The first-order valence-corrected chi connectivity index (χ1v) is 15.4. The quantitative estimate of drug-likeness (QED) is 0.375. The number of anilines is 1. The van der Waals surface area contributed by atoms with Gasteiger partial charge in [-0.25, -0.2) is 14.0 Å². The number of halogens is 2. The number of methoxy groups -OCH3 is 2. The second kappa shape index (κ2) is 13.9. The average molecular weight is 642 g/mol. The second-order valence-corrected chi connectivity index (χ2v) is 11.6. The predicted molar refractivity (Wildman–Crippen MR) is 169 cm³/mol. The molecule has 0 aliphatic carbocycles. The molecule has 0 bridgehead atoms. The Hall–Kier alpha value is -4.16. The van der Waals surface area contributed by atoms with Gasteiger partial charge >= 0.3 is 11.7 Å². The molecule has 13 heteroatoms. The third-order valence-electron chi connectivity index (χ3n) is 8.62. The number of amides is 3. The van der Waals surface area contributed by atoms with E-state index in [0.717, 1.165) is 21.6 Å². The van der Waals surface area contributed by atoms with Crippen LogP contribution in [0.25, 0.3) is 11.1 Å². The van der Waals surface area contributed by atoms with Gasteiger partial charge in [0.25, 0.3) is 5.56 Å². The Morgan fingerprint density at radius 1 is 1.09 bits per heavy atom. The van der Waals surface area contributed by atoms with Gasteiger partial charge in [0, 0.05) is 50.2 Å². The summed E-state index contributed by atoms with van der Waals surface area (Å²) in [7, 11) is 3.07. The molecule has 3 amide bonds. The largest absolute Gasteiger partial charge is 0.497 e. The Balaban J connectivity index is 1.34. The van der Waals surface area contributed by atoms with Crippen LogP contribution in [0, 0.1) is 5.82 Å². The van der Waals surface area contributed by atoms with Crippen molar-refractivity contribution in [3.05, 3.63) is 79.8 Å². The Labute approximate surface area is 265 Å². The smallest absolute Gasteiger partial charge is 0.331 e. The Kier molecular flexibility index (Phi) is 9.93. The first-order valence-electron chi connectivity index (χ1n) is 15.0. The van der Waals surface area contributed by atoms with E-state index in [-0.39, 0.29) is 47.3 Å². The summed E-state index contributed by atoms with van der Waals surface area (Å²) < 4.78 is 27.2. The summed E-state index contributed by atoms with van der Waals surface area (Å²) in [5.41, 5.74) is 0.585. The lowest BCUT2D eigenvalue weighted by Gasteiger charge is -2.38. The second-order valence-electron chi connectivity index (χ2n) is 11.3. The lowest BCUT2D eigenvalue weighted by Crippen LogP contribution is -2.51. The van der Waals surface area contributed by atoms with Gasteiger partial charge in [-0.05, 0) is 55.5 Å². The Morgan fingerprint density at radius 3 is 2.53 bits per heavy atom. The number of fused-ring (bicyclic) bond motifs is 1. The van der Waals surface area contributed by atoms with Gasteiger partial charge in [-0.2, -0.15) is 0 Å². The van der Waals surface area contributed by atoms with Gasteiger partial charge in [0.2, 0.25) is 5.91 Å². The minimum Gasteiger partial charge on any atom is -0.497 e. The van der Waals surface area contributed by atoms with Crippen molar-refractivity contribution >= 4 is 29.2 Å². The number of urea groups is 1. The van der Waals surface area contributed by atoms with E-state index in [1.54, 1.807) is 12.0 Å². The molecule has 5 rings (SSSR count). The molecule has 3 aromatic rings. The number of hydrogen-bond acceptors (Lipinski definition) is 6. The number of rotatable bonds is 9. The molecule has 0 spiro atoms. The molecule has 2 aliphatic heterocycles. The van der Waals surface area contributed by atoms with Gasteiger partial charge in [0.15, 0.2) is 0 Å². The van der Waals surface area contributed by atoms with Crippen molar-refractivity contribution in [2.75, 3.05) is 45.8 Å². The number of piperidine rings is 1. The summed E-state index contributed by atoms with van der Waals surface area (Å²) in [5.74, 6) is -0.285. The lowest BCUT2D eigenvalue weighted by molar-refractivity contribution is -0.133. The van der Waals surface area contributed by atoms with Crippen molar-refractivity contribution in [1.82, 2.24) is 18.9 Å². The Bertz CT molecular complexity index is 1700. The van der Waals surface area contributed by atoms with Crippen molar-refractivity contribution in [2.45, 2.75) is 51.2 Å². The molecule has 240 valence electrons. The van der Waals surface area contributed by atoms with E-state index < -0.39 is 23.1 Å². The summed E-state index contributed by atoms with van der Waals surface area (Å²) in [4.78, 5) is 57.3. The van der Waals surface area contributed by atoms with E-state index in [4.69, 9.17) is 21.1 Å². The van der Waals surface area contributed by atoms with E-state index in [0.29, 0.717) is 45.3 Å². The summed E-state index contributed by atoms with van der Waals surface area (Å²) in [6, 6.07) is 8.84. The maximum absolute atomic E-state index is 14.4. The fraction of sp³-hybridized carbons (Fsp3) is 0.438. The number of benzene rings is 2. The van der Waals surface area contributed by atoms with Crippen LogP contribution in [-0.4, -0.2) is 77.4 Å². The van der Waals surface area contributed by atoms with Crippen LogP contribution >= 0.6 is 11.6 Å². The van der Waals surface area contributed by atoms with E-state index >= 15 is 0 Å². The third-order valence-corrected chi connectivity index (χ3v) is 9.01. The molecule has 3 heterocycles. The van der Waals surface area contributed by atoms with Crippen molar-refractivity contribution in [3.63, 3.8) is 0 Å². The topological polar surface area (TPSA) is 115 Å². The third kappa shape index (κ3) is 6.62. The number of nitrogens with one attached hydrogen (secondary N) is 1. The first kappa shape index (κ1) is 32.2. The lowest BCUT2D eigenvalue weighted by atomic mass is 10.0. The SMILES string of the molecule is CCC(COC)n1c(=O)c(-c2cccc(F)c2Cl)cn(CC(=O)N2CCC(N3CCc4cc(OC)ccc4NC3=O)CC2)c1=O. The first-order chi connectivity index (χ1) is 21.7. The highest BCUT2D eigenvalue weighted by Gasteiger charge is 2.32. The summed E-state index contributed by atoms with van der Waals surface area (Å²) in [6.07, 6.45) is 3.50. The van der Waals surface area contributed by atoms with Crippen molar-refractivity contribution < 1.29 is 23.5 Å². The number of hydrogen-bond donors (Lipinski definition) is 1. The van der Waals surface area contributed by atoms with Gasteiger partial charge in [-0.15, -0.1) is 0 Å².